The zero-order valence-corrected chi connectivity index (χ0v) is 13.0. The van der Waals surface area contributed by atoms with Gasteiger partial charge in [-0.05, 0) is 39.5 Å². The molecule has 1 N–H and O–H groups in total. The molecule has 0 saturated carbocycles. The molecule has 2 heterocycles. The molecule has 2 amide bonds. The minimum Gasteiger partial charge on any atom is -0.371 e. The maximum atomic E-state index is 12.3. The normalized spacial score (nSPS) is 28.6. The van der Waals surface area contributed by atoms with Crippen molar-refractivity contribution in [1.29, 1.82) is 0 Å². The van der Waals surface area contributed by atoms with E-state index in [0.717, 1.165) is 12.8 Å². The molecule has 0 radical (unpaired) electrons. The molecule has 0 bridgehead atoms. The molecule has 2 aliphatic rings. The van der Waals surface area contributed by atoms with Crippen LogP contribution in [0.2, 0.25) is 0 Å². The fourth-order valence-electron chi connectivity index (χ4n) is 3.42. The molecule has 0 aromatic carbocycles. The van der Waals surface area contributed by atoms with Crippen LogP contribution in [-0.4, -0.2) is 47.0 Å². The molecular weight excluding hydrogens is 256 g/mol. The van der Waals surface area contributed by atoms with Crippen molar-refractivity contribution in [3.63, 3.8) is 0 Å². The van der Waals surface area contributed by atoms with Gasteiger partial charge in [0.1, 0.15) is 5.54 Å². The number of piperazine rings is 1. The lowest BCUT2D eigenvalue weighted by atomic mass is 9.87. The number of amides is 2. The maximum absolute atomic E-state index is 12.3. The molecule has 114 valence electrons. The predicted molar refractivity (Wildman–Crippen MR) is 76.2 cm³/mol. The summed E-state index contributed by atoms with van der Waals surface area (Å²) in [6.45, 7) is 8.71. The highest BCUT2D eigenvalue weighted by atomic mass is 16.5. The first-order valence-electron chi connectivity index (χ1n) is 7.61. The standard InChI is InChI=1S/C15H26N2O3/c1-5-15(6-2)13(19)16-9-12(18)17(15)10-11-7-8-14(3,4)20-11/h11H,5-10H2,1-4H3,(H,16,19). The number of nitrogens with one attached hydrogen (secondary N) is 1. The molecule has 2 fully saturated rings. The van der Waals surface area contributed by atoms with Crippen LogP contribution in [0.15, 0.2) is 0 Å². The van der Waals surface area contributed by atoms with E-state index in [0.29, 0.717) is 19.4 Å². The Morgan fingerprint density at radius 1 is 1.30 bits per heavy atom. The summed E-state index contributed by atoms with van der Waals surface area (Å²) >= 11 is 0. The number of nitrogens with zero attached hydrogens (tertiary/aromatic N) is 1. The lowest BCUT2D eigenvalue weighted by Gasteiger charge is -2.46. The van der Waals surface area contributed by atoms with Crippen LogP contribution in [0.4, 0.5) is 0 Å². The van der Waals surface area contributed by atoms with E-state index in [9.17, 15) is 9.59 Å². The van der Waals surface area contributed by atoms with E-state index >= 15 is 0 Å². The third-order valence-corrected chi connectivity index (χ3v) is 4.75. The molecule has 0 aliphatic carbocycles. The monoisotopic (exact) mass is 282 g/mol. The molecule has 0 aromatic heterocycles. The zero-order chi connectivity index (χ0) is 15.0. The third-order valence-electron chi connectivity index (χ3n) is 4.75. The van der Waals surface area contributed by atoms with Gasteiger partial charge >= 0.3 is 0 Å². The van der Waals surface area contributed by atoms with Crippen molar-refractivity contribution in [2.45, 2.75) is 70.6 Å². The Labute approximate surface area is 121 Å². The van der Waals surface area contributed by atoms with Gasteiger partial charge in [-0.2, -0.15) is 0 Å². The summed E-state index contributed by atoms with van der Waals surface area (Å²) in [6, 6.07) is 0. The lowest BCUT2D eigenvalue weighted by molar-refractivity contribution is -0.157. The highest BCUT2D eigenvalue weighted by Crippen LogP contribution is 2.33. The minimum absolute atomic E-state index is 0.00149. The Bertz CT molecular complexity index is 402. The number of rotatable bonds is 4. The van der Waals surface area contributed by atoms with Crippen LogP contribution in [0.25, 0.3) is 0 Å². The minimum atomic E-state index is -0.703. The Balaban J connectivity index is 2.17. The molecule has 20 heavy (non-hydrogen) atoms. The van der Waals surface area contributed by atoms with E-state index < -0.39 is 5.54 Å². The van der Waals surface area contributed by atoms with E-state index in [1.807, 2.05) is 13.8 Å². The van der Waals surface area contributed by atoms with Gasteiger partial charge in [-0.3, -0.25) is 9.59 Å². The van der Waals surface area contributed by atoms with E-state index in [1.165, 1.54) is 0 Å². The molecule has 5 heteroatoms. The van der Waals surface area contributed by atoms with Gasteiger partial charge in [-0.15, -0.1) is 0 Å². The first-order chi connectivity index (χ1) is 9.34. The Morgan fingerprint density at radius 2 is 1.95 bits per heavy atom. The summed E-state index contributed by atoms with van der Waals surface area (Å²) < 4.78 is 5.99. The summed E-state index contributed by atoms with van der Waals surface area (Å²) in [7, 11) is 0. The van der Waals surface area contributed by atoms with Gasteiger partial charge in [-0.1, -0.05) is 13.8 Å². The van der Waals surface area contributed by atoms with Gasteiger partial charge in [0.25, 0.3) is 0 Å². The highest BCUT2D eigenvalue weighted by molar-refractivity contribution is 5.97. The fourth-order valence-corrected chi connectivity index (χ4v) is 3.42. The summed E-state index contributed by atoms with van der Waals surface area (Å²) in [5.74, 6) is -0.0269. The second-order valence-corrected chi connectivity index (χ2v) is 6.46. The van der Waals surface area contributed by atoms with Crippen LogP contribution in [0.1, 0.15) is 53.4 Å². The van der Waals surface area contributed by atoms with Crippen LogP contribution in [0.3, 0.4) is 0 Å². The number of hydrogen-bond donors (Lipinski definition) is 1. The Kier molecular flexibility index (Phi) is 4.09. The van der Waals surface area contributed by atoms with Gasteiger partial charge in [0.05, 0.1) is 18.2 Å². The SMILES string of the molecule is CCC1(CC)C(=O)NCC(=O)N1CC1CCC(C)(C)O1. The average molecular weight is 282 g/mol. The number of ether oxygens (including phenoxy) is 1. The van der Waals surface area contributed by atoms with E-state index in [-0.39, 0.29) is 30.1 Å². The Morgan fingerprint density at radius 3 is 2.45 bits per heavy atom. The topological polar surface area (TPSA) is 58.6 Å². The van der Waals surface area contributed by atoms with Crippen LogP contribution in [0.5, 0.6) is 0 Å². The van der Waals surface area contributed by atoms with Crippen molar-refractivity contribution in [2.24, 2.45) is 0 Å². The van der Waals surface area contributed by atoms with Gasteiger partial charge in [0.15, 0.2) is 0 Å². The first kappa shape index (κ1) is 15.3. The molecule has 0 spiro atoms. The van der Waals surface area contributed by atoms with Crippen molar-refractivity contribution in [3.05, 3.63) is 0 Å². The molecule has 1 unspecified atom stereocenters. The quantitative estimate of drug-likeness (QED) is 0.849. The van der Waals surface area contributed by atoms with Crippen LogP contribution in [0, 0.1) is 0 Å². The van der Waals surface area contributed by atoms with E-state index in [2.05, 4.69) is 19.2 Å². The predicted octanol–water partition coefficient (Wildman–Crippen LogP) is 1.46. The van der Waals surface area contributed by atoms with Crippen LogP contribution in [-0.2, 0) is 14.3 Å². The van der Waals surface area contributed by atoms with Crippen LogP contribution < -0.4 is 5.32 Å². The molecule has 0 aromatic rings. The first-order valence-corrected chi connectivity index (χ1v) is 7.61. The highest BCUT2D eigenvalue weighted by Gasteiger charge is 2.48. The second-order valence-electron chi connectivity index (χ2n) is 6.46. The molecule has 2 saturated heterocycles. The summed E-state index contributed by atoms with van der Waals surface area (Å²) in [5.41, 5.74) is -0.821. The van der Waals surface area contributed by atoms with E-state index in [1.54, 1.807) is 4.90 Å². The second kappa shape index (κ2) is 5.35. The van der Waals surface area contributed by atoms with Crippen molar-refractivity contribution in [3.8, 4) is 0 Å². The number of hydrogen-bond acceptors (Lipinski definition) is 3. The molecular formula is C15H26N2O3. The fraction of sp³-hybridized carbons (Fsp3) is 0.867. The summed E-state index contributed by atoms with van der Waals surface area (Å²) in [5, 5.41) is 2.72. The van der Waals surface area contributed by atoms with Gasteiger partial charge in [-0.25, -0.2) is 0 Å². The van der Waals surface area contributed by atoms with Gasteiger partial charge in [0.2, 0.25) is 11.8 Å². The van der Waals surface area contributed by atoms with Crippen LogP contribution >= 0.6 is 0 Å². The van der Waals surface area contributed by atoms with Crippen molar-refractivity contribution < 1.29 is 14.3 Å². The van der Waals surface area contributed by atoms with Crippen molar-refractivity contribution >= 4 is 11.8 Å². The van der Waals surface area contributed by atoms with Gasteiger partial charge < -0.3 is 15.0 Å². The number of carbonyl (C=O) groups excluding carboxylic acids is 2. The van der Waals surface area contributed by atoms with E-state index in [4.69, 9.17) is 4.74 Å². The smallest absolute Gasteiger partial charge is 0.246 e. The lowest BCUT2D eigenvalue weighted by Crippen LogP contribution is -2.67. The maximum Gasteiger partial charge on any atom is 0.246 e. The largest absolute Gasteiger partial charge is 0.371 e. The molecule has 1 atom stereocenters. The van der Waals surface area contributed by atoms with Gasteiger partial charge in [0, 0.05) is 6.54 Å². The third kappa shape index (κ3) is 2.55. The summed E-state index contributed by atoms with van der Waals surface area (Å²) in [6.07, 6.45) is 3.25. The Hall–Kier alpha value is -1.10. The number of carbonyl (C=O) groups is 2. The molecule has 5 nitrogen and oxygen atoms in total. The summed E-state index contributed by atoms with van der Waals surface area (Å²) in [4.78, 5) is 26.3. The zero-order valence-electron chi connectivity index (χ0n) is 13.0. The molecule has 2 aliphatic heterocycles. The van der Waals surface area contributed by atoms with Crippen molar-refractivity contribution in [1.82, 2.24) is 10.2 Å². The average Bonchev–Trinajstić information content (AvgIpc) is 2.75. The molecule has 2 rings (SSSR count). The van der Waals surface area contributed by atoms with Crippen molar-refractivity contribution in [2.75, 3.05) is 13.1 Å².